The van der Waals surface area contributed by atoms with Crippen LogP contribution >= 0.6 is 0 Å². The van der Waals surface area contributed by atoms with E-state index in [1.807, 2.05) is 20.8 Å². The Hall–Kier alpha value is -0.620. The maximum absolute atomic E-state index is 11.5. The summed E-state index contributed by atoms with van der Waals surface area (Å²) in [5.41, 5.74) is 0. The number of carboxylic acids is 1. The third kappa shape index (κ3) is 8.67. The van der Waals surface area contributed by atoms with E-state index < -0.39 is 16.0 Å². The summed E-state index contributed by atoms with van der Waals surface area (Å²) in [6, 6.07) is 0. The highest BCUT2D eigenvalue weighted by Crippen LogP contribution is 2.05. The van der Waals surface area contributed by atoms with E-state index in [0.29, 0.717) is 13.0 Å². The van der Waals surface area contributed by atoms with Crippen molar-refractivity contribution in [1.29, 1.82) is 0 Å². The highest BCUT2D eigenvalue weighted by Gasteiger charge is 2.14. The first-order valence-corrected chi connectivity index (χ1v) is 7.07. The third-order valence-corrected chi connectivity index (χ3v) is 3.77. The zero-order chi connectivity index (χ0) is 12.8. The van der Waals surface area contributed by atoms with Gasteiger partial charge in [0.05, 0.1) is 5.75 Å². The van der Waals surface area contributed by atoms with Gasteiger partial charge in [0, 0.05) is 13.0 Å². The fourth-order valence-corrected chi connectivity index (χ4v) is 2.77. The molecule has 0 radical (unpaired) electrons. The minimum absolute atomic E-state index is 0.0398. The number of nitrogens with one attached hydrogen (secondary N) is 1. The van der Waals surface area contributed by atoms with Gasteiger partial charge in [-0.15, -0.1) is 0 Å². The van der Waals surface area contributed by atoms with Crippen LogP contribution in [0.2, 0.25) is 0 Å². The predicted molar refractivity (Wildman–Crippen MR) is 62.7 cm³/mol. The molecule has 0 fully saturated rings. The van der Waals surface area contributed by atoms with Crippen LogP contribution in [0.25, 0.3) is 0 Å². The first-order chi connectivity index (χ1) is 7.23. The lowest BCUT2D eigenvalue weighted by Crippen LogP contribution is -2.32. The highest BCUT2D eigenvalue weighted by atomic mass is 32.2. The minimum Gasteiger partial charge on any atom is -0.481 e. The van der Waals surface area contributed by atoms with Crippen molar-refractivity contribution in [3.8, 4) is 0 Å². The summed E-state index contributed by atoms with van der Waals surface area (Å²) in [6.45, 7) is 5.82. The number of rotatable bonds is 8. The Morgan fingerprint density at radius 1 is 1.31 bits per heavy atom. The number of aliphatic carboxylic acids is 1. The molecular weight excluding hydrogens is 230 g/mol. The number of carboxylic acid groups (broad SMARTS) is 1. The lowest BCUT2D eigenvalue weighted by atomic mass is 10.1. The van der Waals surface area contributed by atoms with Crippen LogP contribution in [0.15, 0.2) is 0 Å². The van der Waals surface area contributed by atoms with Crippen LogP contribution in [0.5, 0.6) is 0 Å². The molecule has 0 spiro atoms. The average molecular weight is 251 g/mol. The van der Waals surface area contributed by atoms with E-state index in [9.17, 15) is 13.2 Å². The topological polar surface area (TPSA) is 83.5 Å². The monoisotopic (exact) mass is 251 g/mol. The molecule has 0 aliphatic carbocycles. The number of sulfonamides is 1. The normalized spacial score (nSPS) is 14.0. The van der Waals surface area contributed by atoms with Gasteiger partial charge in [-0.25, -0.2) is 13.1 Å². The van der Waals surface area contributed by atoms with Crippen molar-refractivity contribution in [2.24, 2.45) is 11.8 Å². The zero-order valence-corrected chi connectivity index (χ0v) is 10.9. The third-order valence-electron chi connectivity index (χ3n) is 2.06. The summed E-state index contributed by atoms with van der Waals surface area (Å²) in [5.74, 6) is -0.611. The molecule has 1 unspecified atom stereocenters. The molecule has 0 bridgehead atoms. The predicted octanol–water partition coefficient (Wildman–Crippen LogP) is 1.06. The summed E-state index contributed by atoms with van der Waals surface area (Å²) in [6.07, 6.45) is 0.562. The molecule has 0 saturated heterocycles. The van der Waals surface area contributed by atoms with Gasteiger partial charge in [0.1, 0.15) is 0 Å². The van der Waals surface area contributed by atoms with Crippen molar-refractivity contribution in [3.63, 3.8) is 0 Å². The highest BCUT2D eigenvalue weighted by molar-refractivity contribution is 7.89. The molecule has 16 heavy (non-hydrogen) atoms. The lowest BCUT2D eigenvalue weighted by molar-refractivity contribution is -0.137. The smallest absolute Gasteiger partial charge is 0.303 e. The first-order valence-electron chi connectivity index (χ1n) is 5.42. The molecule has 0 aromatic heterocycles. The zero-order valence-electron chi connectivity index (χ0n) is 10.1. The summed E-state index contributed by atoms with van der Waals surface area (Å²) in [5, 5.41) is 8.47. The summed E-state index contributed by atoms with van der Waals surface area (Å²) in [7, 11) is -3.21. The van der Waals surface area contributed by atoms with E-state index in [1.165, 1.54) is 0 Å². The molecule has 0 heterocycles. The van der Waals surface area contributed by atoms with E-state index in [0.717, 1.165) is 0 Å². The molecule has 0 aliphatic heterocycles. The first kappa shape index (κ1) is 15.4. The summed E-state index contributed by atoms with van der Waals surface area (Å²) >= 11 is 0. The minimum atomic E-state index is -3.21. The molecule has 5 nitrogen and oxygen atoms in total. The van der Waals surface area contributed by atoms with E-state index in [2.05, 4.69) is 4.72 Å². The van der Waals surface area contributed by atoms with Gasteiger partial charge >= 0.3 is 5.97 Å². The molecule has 96 valence electrons. The van der Waals surface area contributed by atoms with Crippen molar-refractivity contribution >= 4 is 16.0 Å². The number of hydrogen-bond acceptors (Lipinski definition) is 3. The van der Waals surface area contributed by atoms with Crippen LogP contribution in [-0.4, -0.2) is 31.8 Å². The molecule has 0 saturated carbocycles. The lowest BCUT2D eigenvalue weighted by Gasteiger charge is -2.12. The Labute approximate surface area is 97.3 Å². The largest absolute Gasteiger partial charge is 0.481 e. The van der Waals surface area contributed by atoms with Gasteiger partial charge in [-0.2, -0.15) is 0 Å². The Morgan fingerprint density at radius 2 is 1.88 bits per heavy atom. The maximum atomic E-state index is 11.5. The van der Waals surface area contributed by atoms with Crippen LogP contribution in [-0.2, 0) is 14.8 Å². The van der Waals surface area contributed by atoms with Crippen LogP contribution in [0, 0.1) is 11.8 Å². The Morgan fingerprint density at radius 3 is 2.31 bits per heavy atom. The number of hydrogen-bond donors (Lipinski definition) is 2. The van der Waals surface area contributed by atoms with Gasteiger partial charge in [0.2, 0.25) is 10.0 Å². The van der Waals surface area contributed by atoms with Gasteiger partial charge in [0.15, 0.2) is 0 Å². The molecule has 2 N–H and O–H groups in total. The van der Waals surface area contributed by atoms with Crippen LogP contribution < -0.4 is 4.72 Å². The Bertz CT molecular complexity index is 311. The second kappa shape index (κ2) is 6.85. The molecule has 0 aromatic carbocycles. The SMILES string of the molecule is CC(C)CS(=O)(=O)NCC(C)CCC(=O)O. The second-order valence-corrected chi connectivity index (χ2v) is 6.41. The maximum Gasteiger partial charge on any atom is 0.303 e. The summed E-state index contributed by atoms with van der Waals surface area (Å²) in [4.78, 5) is 10.3. The molecule has 0 rings (SSSR count). The van der Waals surface area contributed by atoms with E-state index in [1.54, 1.807) is 0 Å². The van der Waals surface area contributed by atoms with Crippen molar-refractivity contribution in [2.75, 3.05) is 12.3 Å². The summed E-state index contributed by atoms with van der Waals surface area (Å²) < 4.78 is 25.4. The molecule has 1 atom stereocenters. The van der Waals surface area contributed by atoms with E-state index >= 15 is 0 Å². The van der Waals surface area contributed by atoms with Gasteiger partial charge in [-0.1, -0.05) is 20.8 Å². The van der Waals surface area contributed by atoms with Gasteiger partial charge in [0.25, 0.3) is 0 Å². The molecule has 6 heteroatoms. The fraction of sp³-hybridized carbons (Fsp3) is 0.900. The molecule has 0 aromatic rings. The fourth-order valence-electron chi connectivity index (χ4n) is 1.24. The standard InChI is InChI=1S/C10H21NO4S/c1-8(2)7-16(14,15)11-6-9(3)4-5-10(12)13/h8-9,11H,4-7H2,1-3H3,(H,12,13). The average Bonchev–Trinajstić information content (AvgIpc) is 2.09. The van der Waals surface area contributed by atoms with Crippen molar-refractivity contribution < 1.29 is 18.3 Å². The van der Waals surface area contributed by atoms with Gasteiger partial charge < -0.3 is 5.11 Å². The Kier molecular flexibility index (Phi) is 6.59. The molecular formula is C10H21NO4S. The van der Waals surface area contributed by atoms with Gasteiger partial charge in [-0.05, 0) is 18.3 Å². The van der Waals surface area contributed by atoms with E-state index in [-0.39, 0.29) is 24.0 Å². The van der Waals surface area contributed by atoms with Crippen molar-refractivity contribution in [2.45, 2.75) is 33.6 Å². The number of carbonyl (C=O) groups is 1. The molecule has 0 amide bonds. The van der Waals surface area contributed by atoms with Crippen LogP contribution in [0.4, 0.5) is 0 Å². The Balaban J connectivity index is 3.90. The quantitative estimate of drug-likeness (QED) is 0.675. The second-order valence-electron chi connectivity index (χ2n) is 4.56. The van der Waals surface area contributed by atoms with Crippen LogP contribution in [0.3, 0.4) is 0 Å². The van der Waals surface area contributed by atoms with E-state index in [4.69, 9.17) is 5.11 Å². The van der Waals surface area contributed by atoms with Crippen LogP contribution in [0.1, 0.15) is 33.6 Å². The van der Waals surface area contributed by atoms with Crippen molar-refractivity contribution in [1.82, 2.24) is 4.72 Å². The van der Waals surface area contributed by atoms with Crippen molar-refractivity contribution in [3.05, 3.63) is 0 Å². The van der Waals surface area contributed by atoms with Gasteiger partial charge in [-0.3, -0.25) is 4.79 Å². The molecule has 0 aliphatic rings.